The van der Waals surface area contributed by atoms with Gasteiger partial charge >= 0.3 is 512 Å². The van der Waals surface area contributed by atoms with Crippen molar-refractivity contribution in [1.82, 2.24) is 0 Å². The van der Waals surface area contributed by atoms with Crippen LogP contribution < -0.4 is 35.7 Å². The van der Waals surface area contributed by atoms with Gasteiger partial charge in [0.25, 0.3) is 0 Å². The van der Waals surface area contributed by atoms with Gasteiger partial charge in [-0.25, -0.2) is 0 Å². The molecule has 9 rings (SSSR count). The molecule has 0 amide bonds. The summed E-state index contributed by atoms with van der Waals surface area (Å²) < 4.78 is 140. The van der Waals surface area contributed by atoms with Crippen LogP contribution in [0.5, 0.6) is 23.0 Å². The summed E-state index contributed by atoms with van der Waals surface area (Å²) in [7, 11) is -17.6. The monoisotopic (exact) mass is 1690 g/mol. The van der Waals surface area contributed by atoms with Gasteiger partial charge in [0.2, 0.25) is 0 Å². The fourth-order valence-electron chi connectivity index (χ4n) is 8.06. The van der Waals surface area contributed by atoms with Gasteiger partial charge in [-0.3, -0.25) is 0 Å². The van der Waals surface area contributed by atoms with Crippen LogP contribution in [0.3, 0.4) is 0 Å². The minimum absolute atomic E-state index is 0.0501. The van der Waals surface area contributed by atoms with Crippen molar-refractivity contribution in [2.45, 2.75) is 45.3 Å². The molecule has 0 fully saturated rings. The summed E-state index contributed by atoms with van der Waals surface area (Å²) in [5.74, 6) is -0.200. The number of benzene rings is 8. The fraction of sp³-hybridized carbons (Fsp3) is 0.0769. The summed E-state index contributed by atoms with van der Waals surface area (Å²) >= 11 is -1.88. The van der Waals surface area contributed by atoms with Gasteiger partial charge in [0, 0.05) is 0 Å². The molecule has 0 aromatic heterocycles. The van der Waals surface area contributed by atoms with Crippen LogP contribution in [0.4, 0.5) is 0 Å². The topological polar surface area (TPSA) is 298 Å². The SMILES string of the molecule is O=S(=O)(O)c1ccc([Se][Se]c2cc3c(O)c(c2)Cc2cc([Se][Se]c4ccc(S(=O)(=O)O)cc4)cc(c2O)Cc2cc([Se][Se]c4ccc(S(=O)(=O)O)cc4)cc(c2O)Cc2cc([Se][Se]c4ccc(S(=O)(=O)O)cc4)cc(c2O)C3)cc1. The number of fused-ring (bicyclic) bond motifs is 8. The Kier molecular flexibility index (Phi) is 19.6. The molecule has 0 spiro atoms. The van der Waals surface area contributed by atoms with Gasteiger partial charge in [-0.05, 0) is 0 Å². The van der Waals surface area contributed by atoms with E-state index in [1.54, 1.807) is 48.5 Å². The standard InChI is InChI=1S/C52H40O16S4Se8/c53-49-29-17-31-23-46(78-74-42-11-3-38(4-12-42)70(60,61)62)25-33(50(31)54)19-35-27-48(80-76-44-15-7-40(8-16-44)72(66,67)68)28-36(52(35)56)20-34-26-47(79-75-43-13-5-39(6-14-43)71(63,64)65)24-32(51(34)55)18-30(49)22-45(21-29)77-73-41-9-1-37(2-10-41)69(57,58)59/h1-16,21-28,53-56H,17-20H2,(H,57,58,59)(H,60,61,62)(H,63,64,65)(H,66,67,68). The van der Waals surface area contributed by atoms with E-state index in [2.05, 4.69) is 0 Å². The molecule has 0 saturated heterocycles. The Morgan fingerprint density at radius 3 is 0.512 bits per heavy atom. The molecule has 0 saturated carbocycles. The van der Waals surface area contributed by atoms with Crippen LogP contribution in [0.25, 0.3) is 0 Å². The number of aromatic hydroxyl groups is 4. The van der Waals surface area contributed by atoms with E-state index >= 15 is 0 Å². The van der Waals surface area contributed by atoms with Gasteiger partial charge in [-0.15, -0.1) is 0 Å². The molecule has 80 heavy (non-hydrogen) atoms. The molecular formula is C52H40O16S4Se8. The van der Waals surface area contributed by atoms with Crippen molar-refractivity contribution in [2.24, 2.45) is 0 Å². The van der Waals surface area contributed by atoms with Crippen LogP contribution in [-0.4, -0.2) is 177 Å². The molecule has 28 heteroatoms. The maximum atomic E-state index is 12.4. The summed E-state index contributed by atoms with van der Waals surface area (Å²) in [6.07, 6.45) is 0.207. The Balaban J connectivity index is 1.16. The first-order valence-corrected chi connectivity index (χ1v) is 52.8. The van der Waals surface area contributed by atoms with Crippen LogP contribution in [0.2, 0.25) is 0 Å². The first-order chi connectivity index (χ1) is 37.7. The number of phenols is 4. The molecule has 1 aliphatic carbocycles. The summed E-state index contributed by atoms with van der Waals surface area (Å²) in [5.41, 5.74) is 3.89. The average molecular weight is 1680 g/mol. The van der Waals surface area contributed by atoms with Gasteiger partial charge in [0.1, 0.15) is 0 Å². The summed E-state index contributed by atoms with van der Waals surface area (Å²) in [6.45, 7) is 0. The molecule has 8 N–H and O–H groups in total. The van der Waals surface area contributed by atoms with Gasteiger partial charge in [-0.2, -0.15) is 0 Å². The second kappa shape index (κ2) is 25.5. The van der Waals surface area contributed by atoms with Gasteiger partial charge in [0.05, 0.1) is 0 Å². The third-order valence-electron chi connectivity index (χ3n) is 11.9. The van der Waals surface area contributed by atoms with E-state index in [0.717, 1.165) is 35.7 Å². The van der Waals surface area contributed by atoms with Crippen molar-refractivity contribution in [2.75, 3.05) is 0 Å². The zero-order valence-electron chi connectivity index (χ0n) is 40.4. The first-order valence-electron chi connectivity index (χ1n) is 22.8. The van der Waals surface area contributed by atoms with Gasteiger partial charge < -0.3 is 0 Å². The Hall–Kier alpha value is -3.24. The molecule has 8 aromatic carbocycles. The van der Waals surface area contributed by atoms with Crippen molar-refractivity contribution in [3.63, 3.8) is 0 Å². The normalized spacial score (nSPS) is 13.1. The Labute approximate surface area is 505 Å². The van der Waals surface area contributed by atoms with Crippen molar-refractivity contribution >= 4 is 181 Å². The predicted molar refractivity (Wildman–Crippen MR) is 312 cm³/mol. The Morgan fingerprint density at radius 2 is 0.375 bits per heavy atom. The van der Waals surface area contributed by atoms with Crippen LogP contribution in [0.1, 0.15) is 44.5 Å². The van der Waals surface area contributed by atoms with Gasteiger partial charge in [0.15, 0.2) is 0 Å². The Morgan fingerprint density at radius 1 is 0.237 bits per heavy atom. The Bertz CT molecular complexity index is 3530. The quantitative estimate of drug-likeness (QED) is 0.0437. The van der Waals surface area contributed by atoms with E-state index in [-0.39, 0.29) is 173 Å². The molecule has 0 unspecified atom stereocenters. The maximum absolute atomic E-state index is 12.4. The van der Waals surface area contributed by atoms with Crippen LogP contribution >= 0.6 is 0 Å². The summed E-state index contributed by atoms with van der Waals surface area (Å²) in [5, 5.41) is 49.5. The van der Waals surface area contributed by atoms with E-state index in [1.807, 2.05) is 48.5 Å². The predicted octanol–water partition coefficient (Wildman–Crippen LogP) is -0.731. The molecule has 16 nitrogen and oxygen atoms in total. The molecule has 8 bridgehead atoms. The fourth-order valence-corrected chi connectivity index (χ4v) is 34.3. The number of phenolic OH excluding ortho intramolecular Hbond substituents is 4. The third-order valence-corrected chi connectivity index (χ3v) is 44.0. The molecular weight excluding hydrogens is 1640 g/mol. The third kappa shape index (κ3) is 15.7. The van der Waals surface area contributed by atoms with Crippen molar-refractivity contribution in [1.29, 1.82) is 0 Å². The molecule has 416 valence electrons. The summed E-state index contributed by atoms with van der Waals surface area (Å²) in [4.78, 5) is -0.925. The molecule has 0 heterocycles. The van der Waals surface area contributed by atoms with E-state index in [4.69, 9.17) is 0 Å². The number of rotatable bonds is 16. The number of hydrogen-bond donors (Lipinski definition) is 8. The van der Waals surface area contributed by atoms with Crippen molar-refractivity contribution in [3.8, 4) is 23.0 Å². The number of hydrogen-bond acceptors (Lipinski definition) is 12. The molecule has 8 aromatic rings. The second-order valence-corrected chi connectivity index (χ2v) is 48.5. The van der Waals surface area contributed by atoms with Crippen molar-refractivity contribution in [3.05, 3.63) is 190 Å². The van der Waals surface area contributed by atoms with E-state index in [0.29, 0.717) is 44.5 Å². The van der Waals surface area contributed by atoms with E-state index in [1.165, 1.54) is 48.5 Å². The minimum atomic E-state index is -4.41. The molecule has 1 aliphatic rings. The molecule has 0 atom stereocenters. The van der Waals surface area contributed by atoms with Crippen molar-refractivity contribution < 1.29 is 72.3 Å². The first kappa shape index (κ1) is 61.3. The van der Waals surface area contributed by atoms with Crippen LogP contribution in [0.15, 0.2) is 165 Å². The summed E-state index contributed by atoms with van der Waals surface area (Å²) in [6, 6.07) is 39.0. The van der Waals surface area contributed by atoms with Crippen LogP contribution in [-0.2, 0) is 66.2 Å². The zero-order chi connectivity index (χ0) is 57.3. The average Bonchev–Trinajstić information content (AvgIpc) is 3.41. The van der Waals surface area contributed by atoms with Gasteiger partial charge in [-0.1, -0.05) is 0 Å². The van der Waals surface area contributed by atoms with E-state index in [9.17, 15) is 72.3 Å². The molecule has 0 radical (unpaired) electrons. The second-order valence-electron chi connectivity index (χ2n) is 17.5. The zero-order valence-corrected chi connectivity index (χ0v) is 57.4. The van der Waals surface area contributed by atoms with E-state index < -0.39 is 40.5 Å². The molecule has 0 aliphatic heterocycles. The van der Waals surface area contributed by atoms with Crippen LogP contribution in [0, 0.1) is 0 Å².